The van der Waals surface area contributed by atoms with Crippen molar-refractivity contribution in [3.05, 3.63) is 70.8 Å². The third-order valence-electron chi connectivity index (χ3n) is 6.29. The molecule has 0 aliphatic heterocycles. The molecule has 30 heavy (non-hydrogen) atoms. The van der Waals surface area contributed by atoms with Gasteiger partial charge in [0.1, 0.15) is 5.78 Å². The van der Waals surface area contributed by atoms with Crippen LogP contribution in [0.2, 0.25) is 5.04 Å². The summed E-state index contributed by atoms with van der Waals surface area (Å²) in [5.41, 5.74) is -0.814. The highest BCUT2D eigenvalue weighted by Gasteiger charge is 2.55. The minimum absolute atomic E-state index is 0.0849. The summed E-state index contributed by atoms with van der Waals surface area (Å²) in [6, 6.07) is 20.5. The Bertz CT molecular complexity index is 851. The van der Waals surface area contributed by atoms with Gasteiger partial charge in [-0.2, -0.15) is 0 Å². The molecule has 6 heteroatoms. The third-order valence-corrected chi connectivity index (χ3v) is 11.3. The van der Waals surface area contributed by atoms with Crippen molar-refractivity contribution in [1.82, 2.24) is 0 Å². The minimum Gasteiger partial charge on any atom is -0.404 e. The number of Topliss-reactive ketones (excluding diaryl/α,β-unsaturated/α-hetero) is 1. The van der Waals surface area contributed by atoms with E-state index in [2.05, 4.69) is 45.0 Å². The summed E-state index contributed by atoms with van der Waals surface area (Å²) in [7, 11) is -2.83. The highest BCUT2D eigenvalue weighted by molar-refractivity contribution is 6.99. The Hall–Kier alpha value is -2.31. The Morgan fingerprint density at radius 3 is 2.00 bits per heavy atom. The van der Waals surface area contributed by atoms with Crippen LogP contribution in [0.15, 0.2) is 60.7 Å². The number of ketones is 1. The lowest BCUT2D eigenvalue weighted by Crippen LogP contribution is -2.69. The van der Waals surface area contributed by atoms with Crippen LogP contribution in [0.1, 0.15) is 47.0 Å². The lowest BCUT2D eigenvalue weighted by Gasteiger charge is -2.49. The van der Waals surface area contributed by atoms with Crippen LogP contribution in [0, 0.1) is 15.5 Å². The van der Waals surface area contributed by atoms with Crippen LogP contribution in [0.4, 0.5) is 0 Å². The van der Waals surface area contributed by atoms with Crippen molar-refractivity contribution in [2.45, 2.75) is 58.1 Å². The molecule has 1 fully saturated rings. The number of rotatable bonds is 6. The first-order chi connectivity index (χ1) is 14.1. The van der Waals surface area contributed by atoms with Crippen LogP contribution >= 0.6 is 0 Å². The minimum atomic E-state index is -2.83. The van der Waals surface area contributed by atoms with E-state index in [0.717, 1.165) is 10.4 Å². The molecule has 0 bridgehead atoms. The zero-order valence-electron chi connectivity index (χ0n) is 18.3. The van der Waals surface area contributed by atoms with E-state index in [1.165, 1.54) is 0 Å². The van der Waals surface area contributed by atoms with Crippen LogP contribution in [-0.4, -0.2) is 31.7 Å². The highest BCUT2D eigenvalue weighted by atomic mass is 28.4. The summed E-state index contributed by atoms with van der Waals surface area (Å²) in [5.74, 6) is 0.0849. The summed E-state index contributed by atoms with van der Waals surface area (Å²) < 4.78 is 7.16. The third kappa shape index (κ3) is 4.25. The van der Waals surface area contributed by atoms with Crippen molar-refractivity contribution >= 4 is 24.5 Å². The number of hydrogen-bond acceptors (Lipinski definition) is 4. The van der Waals surface area contributed by atoms with Crippen LogP contribution < -0.4 is 10.4 Å². The highest BCUT2D eigenvalue weighted by Crippen LogP contribution is 2.43. The maximum absolute atomic E-state index is 12.2. The van der Waals surface area contributed by atoms with E-state index in [-0.39, 0.29) is 34.8 Å². The predicted molar refractivity (Wildman–Crippen MR) is 121 cm³/mol. The predicted octanol–water partition coefficient (Wildman–Crippen LogP) is 3.97. The molecule has 160 valence electrons. The van der Waals surface area contributed by atoms with Gasteiger partial charge in [0, 0.05) is 17.8 Å². The van der Waals surface area contributed by atoms with Gasteiger partial charge in [-0.3, -0.25) is 14.9 Å². The van der Waals surface area contributed by atoms with Crippen molar-refractivity contribution < 1.29 is 14.1 Å². The average Bonchev–Trinajstić information content (AvgIpc) is 2.67. The van der Waals surface area contributed by atoms with E-state index in [0.29, 0.717) is 12.8 Å². The fourth-order valence-corrected chi connectivity index (χ4v) is 9.70. The monoisotopic (exact) mass is 425 g/mol. The molecule has 0 saturated heterocycles. The second-order valence-corrected chi connectivity index (χ2v) is 13.9. The van der Waals surface area contributed by atoms with Crippen LogP contribution in [0.3, 0.4) is 0 Å². The van der Waals surface area contributed by atoms with Gasteiger partial charge in [-0.1, -0.05) is 88.4 Å². The van der Waals surface area contributed by atoms with E-state index in [4.69, 9.17) is 4.43 Å². The zero-order chi connectivity index (χ0) is 22.0. The fourth-order valence-electron chi connectivity index (χ4n) is 4.85. The van der Waals surface area contributed by atoms with Gasteiger partial charge in [0.25, 0.3) is 8.32 Å². The van der Waals surface area contributed by atoms with Gasteiger partial charge in [-0.05, 0) is 21.8 Å². The van der Waals surface area contributed by atoms with Crippen LogP contribution in [0.25, 0.3) is 0 Å². The zero-order valence-corrected chi connectivity index (χ0v) is 19.3. The van der Waals surface area contributed by atoms with Crippen LogP contribution in [-0.2, 0) is 9.22 Å². The maximum atomic E-state index is 12.2. The van der Waals surface area contributed by atoms with E-state index in [1.807, 2.05) is 43.3 Å². The molecule has 0 unspecified atom stereocenters. The summed E-state index contributed by atoms with van der Waals surface area (Å²) in [4.78, 5) is 23.4. The Balaban J connectivity index is 2.18. The maximum Gasteiger partial charge on any atom is 0.261 e. The fraction of sp³-hybridized carbons (Fsp3) is 0.458. The van der Waals surface area contributed by atoms with E-state index in [1.54, 1.807) is 0 Å². The molecule has 0 spiro atoms. The number of nitrogens with zero attached hydrogens (tertiary/aromatic N) is 1. The summed E-state index contributed by atoms with van der Waals surface area (Å²) in [6.45, 7) is 8.16. The first-order valence-electron chi connectivity index (χ1n) is 10.5. The number of benzene rings is 2. The molecular weight excluding hydrogens is 394 g/mol. The first kappa shape index (κ1) is 22.4. The molecule has 1 aliphatic rings. The number of carbonyl (C=O) groups excluding carboxylic acids is 1. The summed E-state index contributed by atoms with van der Waals surface area (Å²) in [5, 5.41) is 13.5. The van der Waals surface area contributed by atoms with Gasteiger partial charge in [-0.25, -0.2) is 0 Å². The van der Waals surface area contributed by atoms with Gasteiger partial charge >= 0.3 is 0 Å². The molecule has 5 nitrogen and oxygen atoms in total. The SMILES string of the molecule is CC(C)(C)[Si](O[C@@H]1CCC(=O)C[C@@]1(C)C[N+](=O)[O-])(c1ccccc1)c1ccccc1. The number of hydrogen-bond donors (Lipinski definition) is 0. The molecule has 1 aliphatic carbocycles. The smallest absolute Gasteiger partial charge is 0.261 e. The van der Waals surface area contributed by atoms with Gasteiger partial charge in [-0.15, -0.1) is 0 Å². The second-order valence-electron chi connectivity index (χ2n) is 9.67. The molecule has 2 atom stereocenters. The quantitative estimate of drug-likeness (QED) is 0.399. The Labute approximate surface area is 179 Å². The van der Waals surface area contributed by atoms with Crippen LogP contribution in [0.5, 0.6) is 0 Å². The van der Waals surface area contributed by atoms with Crippen molar-refractivity contribution in [2.75, 3.05) is 6.54 Å². The van der Waals surface area contributed by atoms with E-state index >= 15 is 0 Å². The Kier molecular flexibility index (Phi) is 6.29. The number of carbonyl (C=O) groups is 1. The van der Waals surface area contributed by atoms with Crippen molar-refractivity contribution in [2.24, 2.45) is 5.41 Å². The van der Waals surface area contributed by atoms with Gasteiger partial charge in [0.2, 0.25) is 6.54 Å². The Morgan fingerprint density at radius 1 is 1.07 bits per heavy atom. The van der Waals surface area contributed by atoms with Crippen molar-refractivity contribution in [3.63, 3.8) is 0 Å². The molecule has 2 aromatic carbocycles. The van der Waals surface area contributed by atoms with Crippen molar-refractivity contribution in [3.8, 4) is 0 Å². The Morgan fingerprint density at radius 2 is 1.57 bits per heavy atom. The van der Waals surface area contributed by atoms with E-state index < -0.39 is 13.7 Å². The molecule has 0 heterocycles. The number of nitro groups is 1. The largest absolute Gasteiger partial charge is 0.404 e. The van der Waals surface area contributed by atoms with Crippen molar-refractivity contribution in [1.29, 1.82) is 0 Å². The summed E-state index contributed by atoms with van der Waals surface area (Å²) in [6.07, 6.45) is 0.771. The summed E-state index contributed by atoms with van der Waals surface area (Å²) >= 11 is 0. The molecule has 0 amide bonds. The first-order valence-corrected chi connectivity index (χ1v) is 12.4. The molecule has 2 aromatic rings. The average molecular weight is 426 g/mol. The van der Waals surface area contributed by atoms with Gasteiger partial charge in [0.05, 0.1) is 11.5 Å². The lowest BCUT2D eigenvalue weighted by atomic mass is 9.73. The molecular formula is C24H31NO4Si. The normalized spacial score (nSPS) is 22.7. The topological polar surface area (TPSA) is 69.4 Å². The van der Waals surface area contributed by atoms with Gasteiger partial charge < -0.3 is 4.43 Å². The lowest BCUT2D eigenvalue weighted by molar-refractivity contribution is -0.499. The second kappa shape index (κ2) is 8.44. The van der Waals surface area contributed by atoms with E-state index in [9.17, 15) is 14.9 Å². The molecule has 0 N–H and O–H groups in total. The van der Waals surface area contributed by atoms with Gasteiger partial charge in [0.15, 0.2) is 0 Å². The molecule has 0 radical (unpaired) electrons. The standard InChI is InChI=1S/C24H31NO4Si/c1-23(2,3)30(20-11-7-5-8-12-20,21-13-9-6-10-14-21)29-22-16-15-19(26)17-24(22,4)18-25(27)28/h5-14,22H,15-18H2,1-4H3/t22-,24+/m1/s1. The molecule has 3 rings (SSSR count). The molecule has 1 saturated carbocycles. The molecule has 0 aromatic heterocycles.